The highest BCUT2D eigenvalue weighted by Gasteiger charge is 2.21. The second-order valence-electron chi connectivity index (χ2n) is 12.7. The van der Waals surface area contributed by atoms with E-state index >= 15 is 0 Å². The van der Waals surface area contributed by atoms with Crippen LogP contribution in [0.5, 0.6) is 0 Å². The fourth-order valence-electron chi connectivity index (χ4n) is 6.25. The van der Waals surface area contributed by atoms with Gasteiger partial charge in [-0.1, -0.05) is 168 Å². The fraction of sp³-hybridized carbons (Fsp3) is 1.00. The van der Waals surface area contributed by atoms with Crippen LogP contribution in [0.3, 0.4) is 0 Å². The van der Waals surface area contributed by atoms with E-state index in [0.29, 0.717) is 0 Å². The van der Waals surface area contributed by atoms with Crippen LogP contribution in [-0.4, -0.2) is 22.5 Å². The molecule has 0 amide bonds. The topological polar surface area (TPSA) is 0 Å². The van der Waals surface area contributed by atoms with E-state index < -0.39 is 0 Å². The van der Waals surface area contributed by atoms with E-state index in [4.69, 9.17) is 0 Å². The van der Waals surface area contributed by atoms with E-state index in [2.05, 4.69) is 37.4 Å². The number of hydrogen-bond acceptors (Lipinski definition) is 2. The van der Waals surface area contributed by atoms with Crippen LogP contribution < -0.4 is 0 Å². The highest BCUT2D eigenvalue weighted by atomic mass is 32.2. The summed E-state index contributed by atoms with van der Waals surface area (Å²) in [5, 5.41) is 0.989. The van der Waals surface area contributed by atoms with E-state index in [1.807, 2.05) is 0 Å². The number of rotatable bonds is 30. The van der Waals surface area contributed by atoms with E-state index in [1.54, 1.807) is 0 Å². The van der Waals surface area contributed by atoms with Crippen LogP contribution in [0.1, 0.15) is 200 Å². The molecule has 2 atom stereocenters. The maximum atomic E-state index is 2.34. The molecule has 0 aromatic carbocycles. The summed E-state index contributed by atoms with van der Waals surface area (Å²) in [4.78, 5) is 0. The summed E-state index contributed by atoms with van der Waals surface area (Å²) in [5.41, 5.74) is 0. The van der Waals surface area contributed by atoms with Crippen molar-refractivity contribution >= 4 is 23.5 Å². The maximum absolute atomic E-state index is 2.34. The predicted octanol–water partition coefficient (Wildman–Crippen LogP) is 13.8. The van der Waals surface area contributed by atoms with Crippen LogP contribution in [0.2, 0.25) is 0 Å². The third-order valence-corrected chi connectivity index (χ3v) is 11.4. The lowest BCUT2D eigenvalue weighted by Gasteiger charge is -2.28. The number of thioether (sulfide) groups is 2. The standard InChI is InChI=1S/C36H72S2/c1-3-5-7-9-11-13-15-17-19-21-23-25-31-37-33-30-35-28-27-29-36(34-35)38-32-26-24-22-20-18-16-14-12-10-8-6-4-2/h35-36H,3-34H2,1-2H3. The fourth-order valence-corrected chi connectivity index (χ4v) is 8.80. The minimum Gasteiger partial charge on any atom is -0.162 e. The summed E-state index contributed by atoms with van der Waals surface area (Å²) in [5.74, 6) is 5.32. The van der Waals surface area contributed by atoms with Crippen molar-refractivity contribution in [3.8, 4) is 0 Å². The first-order valence-corrected chi connectivity index (χ1v) is 20.3. The third kappa shape index (κ3) is 25.7. The SMILES string of the molecule is CCCCCCCCCCCCCCSCCC1CCCC(SCCCCCCCCCCCCCC)C1. The van der Waals surface area contributed by atoms with Crippen molar-refractivity contribution in [3.63, 3.8) is 0 Å². The van der Waals surface area contributed by atoms with Gasteiger partial charge in [0.2, 0.25) is 0 Å². The van der Waals surface area contributed by atoms with E-state index in [9.17, 15) is 0 Å². The van der Waals surface area contributed by atoms with Crippen LogP contribution in [-0.2, 0) is 0 Å². The Morgan fingerprint density at radius 2 is 0.868 bits per heavy atom. The summed E-state index contributed by atoms with van der Waals surface area (Å²) in [7, 11) is 0. The van der Waals surface area contributed by atoms with Gasteiger partial charge >= 0.3 is 0 Å². The van der Waals surface area contributed by atoms with Crippen LogP contribution in [0.4, 0.5) is 0 Å². The maximum Gasteiger partial charge on any atom is 0.00496 e. The Bertz CT molecular complexity index is 437. The molecule has 1 fully saturated rings. The summed E-state index contributed by atoms with van der Waals surface area (Å²) in [6.45, 7) is 4.62. The number of hydrogen-bond donors (Lipinski definition) is 0. The van der Waals surface area contributed by atoms with Crippen LogP contribution in [0.25, 0.3) is 0 Å². The lowest BCUT2D eigenvalue weighted by Crippen LogP contribution is -2.18. The second-order valence-corrected chi connectivity index (χ2v) is 15.3. The van der Waals surface area contributed by atoms with Crippen molar-refractivity contribution in [3.05, 3.63) is 0 Å². The van der Waals surface area contributed by atoms with Crippen molar-refractivity contribution in [1.82, 2.24) is 0 Å². The molecule has 2 heteroatoms. The molecule has 0 radical (unpaired) electrons. The van der Waals surface area contributed by atoms with Gasteiger partial charge in [-0.3, -0.25) is 0 Å². The minimum atomic E-state index is 0.989. The van der Waals surface area contributed by atoms with Crippen LogP contribution in [0.15, 0.2) is 0 Å². The molecule has 228 valence electrons. The monoisotopic (exact) mass is 569 g/mol. The summed E-state index contributed by atoms with van der Waals surface area (Å²) < 4.78 is 0. The van der Waals surface area contributed by atoms with Gasteiger partial charge in [-0.15, -0.1) is 0 Å². The summed E-state index contributed by atoms with van der Waals surface area (Å²) in [6, 6.07) is 0. The molecule has 1 aliphatic rings. The third-order valence-electron chi connectivity index (χ3n) is 8.90. The Labute approximate surface area is 251 Å². The molecule has 1 rings (SSSR count). The molecule has 0 aliphatic heterocycles. The largest absolute Gasteiger partial charge is 0.162 e. The van der Waals surface area contributed by atoms with Crippen molar-refractivity contribution in [2.45, 2.75) is 205 Å². The van der Waals surface area contributed by atoms with Crippen LogP contribution >= 0.6 is 23.5 Å². The molecule has 0 aromatic heterocycles. The first kappa shape index (κ1) is 36.7. The van der Waals surface area contributed by atoms with Gasteiger partial charge in [0, 0.05) is 5.25 Å². The molecule has 38 heavy (non-hydrogen) atoms. The normalized spacial score (nSPS) is 17.8. The summed E-state index contributed by atoms with van der Waals surface area (Å²) >= 11 is 4.60. The predicted molar refractivity (Wildman–Crippen MR) is 182 cm³/mol. The molecule has 2 unspecified atom stereocenters. The Morgan fingerprint density at radius 3 is 1.34 bits per heavy atom. The Balaban J connectivity index is 1.80. The molecule has 1 aliphatic carbocycles. The second kappa shape index (κ2) is 30.7. The molecule has 0 N–H and O–H groups in total. The molecule has 0 aromatic rings. The van der Waals surface area contributed by atoms with E-state index in [1.165, 1.54) is 203 Å². The zero-order valence-electron chi connectivity index (χ0n) is 26.6. The average molecular weight is 569 g/mol. The molecule has 1 saturated carbocycles. The van der Waals surface area contributed by atoms with Gasteiger partial charge in [0.15, 0.2) is 0 Å². The van der Waals surface area contributed by atoms with Crippen molar-refractivity contribution < 1.29 is 0 Å². The Morgan fingerprint density at radius 1 is 0.447 bits per heavy atom. The van der Waals surface area contributed by atoms with Gasteiger partial charge < -0.3 is 0 Å². The molecule has 0 saturated heterocycles. The highest BCUT2D eigenvalue weighted by Crippen LogP contribution is 2.35. The van der Waals surface area contributed by atoms with Gasteiger partial charge in [0.05, 0.1) is 0 Å². The molecule has 0 heterocycles. The first-order valence-electron chi connectivity index (χ1n) is 18.1. The average Bonchev–Trinajstić information content (AvgIpc) is 2.93. The Hall–Kier alpha value is 0.700. The lowest BCUT2D eigenvalue weighted by molar-refractivity contribution is 0.359. The quantitative estimate of drug-likeness (QED) is 0.0790. The molecule has 0 nitrogen and oxygen atoms in total. The van der Waals surface area contributed by atoms with Gasteiger partial charge in [0.25, 0.3) is 0 Å². The summed E-state index contributed by atoms with van der Waals surface area (Å²) in [6.07, 6.45) is 42.8. The molecular formula is C36H72S2. The molecule has 0 bridgehead atoms. The van der Waals surface area contributed by atoms with Gasteiger partial charge in [-0.25, -0.2) is 0 Å². The van der Waals surface area contributed by atoms with E-state index in [-0.39, 0.29) is 0 Å². The molecule has 0 spiro atoms. The van der Waals surface area contributed by atoms with Gasteiger partial charge in [-0.05, 0) is 55.3 Å². The van der Waals surface area contributed by atoms with Gasteiger partial charge in [0.1, 0.15) is 0 Å². The smallest absolute Gasteiger partial charge is 0.00496 e. The van der Waals surface area contributed by atoms with Crippen LogP contribution in [0, 0.1) is 5.92 Å². The first-order chi connectivity index (χ1) is 18.9. The van der Waals surface area contributed by atoms with Gasteiger partial charge in [-0.2, -0.15) is 23.5 Å². The molecular weight excluding hydrogens is 497 g/mol. The van der Waals surface area contributed by atoms with E-state index in [0.717, 1.165) is 11.2 Å². The zero-order chi connectivity index (χ0) is 27.2. The Kier molecular flexibility index (Phi) is 29.6. The van der Waals surface area contributed by atoms with Crippen molar-refractivity contribution in [1.29, 1.82) is 0 Å². The lowest BCUT2D eigenvalue weighted by atomic mass is 9.87. The van der Waals surface area contributed by atoms with Crippen molar-refractivity contribution in [2.24, 2.45) is 5.92 Å². The highest BCUT2D eigenvalue weighted by molar-refractivity contribution is 7.99. The van der Waals surface area contributed by atoms with Crippen molar-refractivity contribution in [2.75, 3.05) is 17.3 Å². The zero-order valence-corrected chi connectivity index (χ0v) is 28.2. The number of unbranched alkanes of at least 4 members (excludes halogenated alkanes) is 22. The minimum absolute atomic E-state index is 0.989.